The van der Waals surface area contributed by atoms with Crippen molar-refractivity contribution in [2.24, 2.45) is 0 Å². The molecular formula is C18H23BN2O2. The molecule has 0 aliphatic rings. The molecule has 1 N–H and O–H groups in total. The van der Waals surface area contributed by atoms with Gasteiger partial charge in [-0.05, 0) is 26.2 Å². The third kappa shape index (κ3) is 5.45. The Labute approximate surface area is 138 Å². The standard InChI is InChI=1S/C18H23BN2O2/c1-21(2)13-12-20-18(22)17(14-6-4-3-5-7-14)23-16-10-8-15(19)9-11-16/h3-11,17H,12-13,19H2,1-2H3,(H,20,22). The summed E-state index contributed by atoms with van der Waals surface area (Å²) in [5.74, 6) is 0.561. The predicted molar refractivity (Wildman–Crippen MR) is 96.0 cm³/mol. The number of amides is 1. The second kappa shape index (κ2) is 8.39. The fraction of sp³-hybridized carbons (Fsp3) is 0.278. The smallest absolute Gasteiger partial charge is 0.265 e. The number of nitrogens with zero attached hydrogens (tertiary/aromatic N) is 1. The molecule has 0 aromatic heterocycles. The van der Waals surface area contributed by atoms with Crippen LogP contribution in [0.15, 0.2) is 54.6 Å². The molecule has 23 heavy (non-hydrogen) atoms. The number of nitrogens with one attached hydrogen (secondary N) is 1. The van der Waals surface area contributed by atoms with Crippen LogP contribution < -0.4 is 15.5 Å². The summed E-state index contributed by atoms with van der Waals surface area (Å²) in [6.45, 7) is 1.38. The van der Waals surface area contributed by atoms with Crippen LogP contribution >= 0.6 is 0 Å². The summed E-state index contributed by atoms with van der Waals surface area (Å²) in [5, 5.41) is 2.94. The predicted octanol–water partition coefficient (Wildman–Crippen LogP) is 0.743. The summed E-state index contributed by atoms with van der Waals surface area (Å²) in [6.07, 6.45) is -0.652. The minimum absolute atomic E-state index is 0.126. The molecule has 1 amide bonds. The number of rotatable bonds is 7. The van der Waals surface area contributed by atoms with Gasteiger partial charge in [-0.25, -0.2) is 0 Å². The van der Waals surface area contributed by atoms with Gasteiger partial charge >= 0.3 is 0 Å². The second-order valence-corrected chi connectivity index (χ2v) is 5.82. The molecule has 0 saturated heterocycles. The molecule has 120 valence electrons. The number of likely N-dealkylation sites (N-methyl/N-ethyl adjacent to an activating group) is 1. The fourth-order valence-electron chi connectivity index (χ4n) is 2.15. The average Bonchev–Trinajstić information content (AvgIpc) is 2.54. The van der Waals surface area contributed by atoms with Crippen molar-refractivity contribution in [2.45, 2.75) is 6.10 Å². The van der Waals surface area contributed by atoms with Crippen LogP contribution in [0.3, 0.4) is 0 Å². The van der Waals surface area contributed by atoms with E-state index in [0.29, 0.717) is 12.3 Å². The second-order valence-electron chi connectivity index (χ2n) is 5.82. The van der Waals surface area contributed by atoms with Gasteiger partial charge in [-0.1, -0.05) is 47.9 Å². The van der Waals surface area contributed by atoms with Gasteiger partial charge in [-0.2, -0.15) is 0 Å². The van der Waals surface area contributed by atoms with Gasteiger partial charge in [0.25, 0.3) is 5.91 Å². The first-order valence-corrected chi connectivity index (χ1v) is 7.77. The third-order valence-corrected chi connectivity index (χ3v) is 3.47. The lowest BCUT2D eigenvalue weighted by atomic mass is 9.97. The number of hydrogen-bond acceptors (Lipinski definition) is 3. The maximum atomic E-state index is 12.5. The minimum atomic E-state index is -0.652. The molecule has 0 bridgehead atoms. The average molecular weight is 310 g/mol. The van der Waals surface area contributed by atoms with Crippen LogP contribution in [0.5, 0.6) is 5.75 Å². The monoisotopic (exact) mass is 310 g/mol. The van der Waals surface area contributed by atoms with Crippen molar-refractivity contribution in [3.8, 4) is 5.75 Å². The molecule has 0 spiro atoms. The normalized spacial score (nSPS) is 12.0. The van der Waals surface area contributed by atoms with Crippen molar-refractivity contribution >= 4 is 19.2 Å². The van der Waals surface area contributed by atoms with Gasteiger partial charge < -0.3 is 15.0 Å². The molecule has 2 aromatic rings. The van der Waals surface area contributed by atoms with E-state index >= 15 is 0 Å². The number of benzene rings is 2. The van der Waals surface area contributed by atoms with Gasteiger partial charge in [0, 0.05) is 18.7 Å². The molecule has 0 heterocycles. The van der Waals surface area contributed by atoms with Crippen molar-refractivity contribution in [3.05, 3.63) is 60.2 Å². The summed E-state index contributed by atoms with van der Waals surface area (Å²) >= 11 is 0. The summed E-state index contributed by atoms with van der Waals surface area (Å²) < 4.78 is 5.95. The quantitative estimate of drug-likeness (QED) is 0.767. The Balaban J connectivity index is 2.11. The van der Waals surface area contributed by atoms with Crippen LogP contribution in [-0.2, 0) is 4.79 Å². The van der Waals surface area contributed by atoms with Crippen LogP contribution in [0.2, 0.25) is 0 Å². The van der Waals surface area contributed by atoms with Gasteiger partial charge in [0.05, 0.1) is 0 Å². The lowest BCUT2D eigenvalue weighted by Gasteiger charge is -2.20. The van der Waals surface area contributed by atoms with Crippen LogP contribution in [0.4, 0.5) is 0 Å². The summed E-state index contributed by atoms with van der Waals surface area (Å²) in [5.41, 5.74) is 2.00. The first-order valence-electron chi connectivity index (χ1n) is 7.77. The van der Waals surface area contributed by atoms with Gasteiger partial charge in [-0.3, -0.25) is 4.79 Å². The maximum absolute atomic E-state index is 12.5. The van der Waals surface area contributed by atoms with E-state index in [1.165, 1.54) is 0 Å². The highest BCUT2D eigenvalue weighted by atomic mass is 16.5. The molecule has 0 fully saturated rings. The highest BCUT2D eigenvalue weighted by molar-refractivity contribution is 6.32. The topological polar surface area (TPSA) is 41.6 Å². The van der Waals surface area contributed by atoms with Crippen LogP contribution in [0.1, 0.15) is 11.7 Å². The van der Waals surface area contributed by atoms with E-state index < -0.39 is 6.10 Å². The van der Waals surface area contributed by atoms with Gasteiger partial charge in [0.1, 0.15) is 13.6 Å². The highest BCUT2D eigenvalue weighted by Gasteiger charge is 2.22. The van der Waals surface area contributed by atoms with E-state index in [1.54, 1.807) is 0 Å². The molecule has 0 aliphatic carbocycles. The van der Waals surface area contributed by atoms with E-state index in [-0.39, 0.29) is 5.91 Å². The molecule has 1 atom stereocenters. The van der Waals surface area contributed by atoms with Crippen LogP contribution in [-0.4, -0.2) is 45.8 Å². The van der Waals surface area contributed by atoms with E-state index in [1.807, 2.05) is 81.4 Å². The van der Waals surface area contributed by atoms with Gasteiger partial charge in [0.2, 0.25) is 6.10 Å². The zero-order chi connectivity index (χ0) is 16.7. The van der Waals surface area contributed by atoms with Crippen molar-refractivity contribution in [1.29, 1.82) is 0 Å². The molecule has 0 saturated carbocycles. The SMILES string of the molecule is Bc1ccc(OC(C(=O)NCCN(C)C)c2ccccc2)cc1. The van der Waals surface area contributed by atoms with Crippen molar-refractivity contribution in [3.63, 3.8) is 0 Å². The number of hydrogen-bond donors (Lipinski definition) is 1. The Hall–Kier alpha value is -2.27. The summed E-state index contributed by atoms with van der Waals surface area (Å²) in [4.78, 5) is 14.6. The minimum Gasteiger partial charge on any atom is -0.476 e. The summed E-state index contributed by atoms with van der Waals surface area (Å²) in [6, 6.07) is 17.3. The van der Waals surface area contributed by atoms with E-state index in [4.69, 9.17) is 4.74 Å². The Bertz CT molecular complexity index is 615. The van der Waals surface area contributed by atoms with E-state index in [2.05, 4.69) is 5.32 Å². The molecule has 0 radical (unpaired) electrons. The molecule has 1 unspecified atom stereocenters. The number of carbonyl (C=O) groups excluding carboxylic acids is 1. The van der Waals surface area contributed by atoms with Crippen molar-refractivity contribution < 1.29 is 9.53 Å². The van der Waals surface area contributed by atoms with Crippen molar-refractivity contribution in [2.75, 3.05) is 27.2 Å². The van der Waals surface area contributed by atoms with E-state index in [9.17, 15) is 4.79 Å². The van der Waals surface area contributed by atoms with E-state index in [0.717, 1.165) is 17.6 Å². The largest absolute Gasteiger partial charge is 0.476 e. The fourth-order valence-corrected chi connectivity index (χ4v) is 2.15. The molecule has 5 heteroatoms. The number of ether oxygens (including phenoxy) is 1. The highest BCUT2D eigenvalue weighted by Crippen LogP contribution is 2.21. The molecule has 2 rings (SSSR count). The molecular weight excluding hydrogens is 287 g/mol. The maximum Gasteiger partial charge on any atom is 0.265 e. The van der Waals surface area contributed by atoms with Gasteiger partial charge in [-0.15, -0.1) is 0 Å². The van der Waals surface area contributed by atoms with Crippen LogP contribution in [0, 0.1) is 0 Å². The lowest BCUT2D eigenvalue weighted by Crippen LogP contribution is -2.36. The Morgan fingerprint density at radius 2 is 1.78 bits per heavy atom. The first kappa shape index (κ1) is 17.1. The Kier molecular flexibility index (Phi) is 6.24. The van der Waals surface area contributed by atoms with Crippen LogP contribution in [0.25, 0.3) is 0 Å². The lowest BCUT2D eigenvalue weighted by molar-refractivity contribution is -0.128. The first-order chi connectivity index (χ1) is 11.1. The zero-order valence-corrected chi connectivity index (χ0v) is 14.0. The Morgan fingerprint density at radius 1 is 1.13 bits per heavy atom. The number of carbonyl (C=O) groups is 1. The van der Waals surface area contributed by atoms with Crippen molar-refractivity contribution in [1.82, 2.24) is 10.2 Å². The van der Waals surface area contributed by atoms with Gasteiger partial charge in [0.15, 0.2) is 0 Å². The molecule has 2 aromatic carbocycles. The molecule has 0 aliphatic heterocycles. The zero-order valence-electron chi connectivity index (χ0n) is 14.0. The molecule has 4 nitrogen and oxygen atoms in total. The summed E-state index contributed by atoms with van der Waals surface area (Å²) in [7, 11) is 5.97. The third-order valence-electron chi connectivity index (χ3n) is 3.47. The Morgan fingerprint density at radius 3 is 2.39 bits per heavy atom.